The Morgan fingerprint density at radius 3 is 2.88 bits per heavy atom. The molecule has 4 heteroatoms. The van der Waals surface area contributed by atoms with E-state index in [0.717, 1.165) is 6.42 Å². The van der Waals surface area contributed by atoms with Crippen molar-refractivity contribution in [3.8, 4) is 5.75 Å². The van der Waals surface area contributed by atoms with Crippen molar-refractivity contribution in [2.24, 2.45) is 0 Å². The summed E-state index contributed by atoms with van der Waals surface area (Å²) in [4.78, 5) is 13.8. The van der Waals surface area contributed by atoms with Crippen LogP contribution >= 0.6 is 11.6 Å². The van der Waals surface area contributed by atoms with Gasteiger partial charge < -0.3 is 10.0 Å². The van der Waals surface area contributed by atoms with Crippen molar-refractivity contribution in [1.29, 1.82) is 0 Å². The Bertz CT molecular complexity index is 418. The highest BCUT2D eigenvalue weighted by Crippen LogP contribution is 2.22. The molecule has 0 bridgehead atoms. The fourth-order valence-electron chi connectivity index (χ4n) is 1.55. The normalized spacial score (nSPS) is 10.0. The average molecular weight is 254 g/mol. The fourth-order valence-corrected chi connectivity index (χ4v) is 1.75. The van der Waals surface area contributed by atoms with Crippen molar-refractivity contribution in [1.82, 2.24) is 4.90 Å². The molecule has 0 aromatic heterocycles. The maximum Gasteiger partial charge on any atom is 0.255 e. The molecule has 1 aromatic rings. The molecule has 0 saturated carbocycles. The Morgan fingerprint density at radius 2 is 2.29 bits per heavy atom. The van der Waals surface area contributed by atoms with Gasteiger partial charge in [-0.3, -0.25) is 4.79 Å². The number of benzene rings is 1. The lowest BCUT2D eigenvalue weighted by atomic mass is 10.1. The molecule has 17 heavy (non-hydrogen) atoms. The quantitative estimate of drug-likeness (QED) is 0.820. The zero-order valence-electron chi connectivity index (χ0n) is 9.82. The number of phenols is 1. The smallest absolute Gasteiger partial charge is 0.255 e. The summed E-state index contributed by atoms with van der Waals surface area (Å²) in [5.41, 5.74) is 0.321. The molecule has 1 amide bonds. The van der Waals surface area contributed by atoms with Gasteiger partial charge in [0.05, 0.1) is 10.6 Å². The number of nitrogens with zero attached hydrogens (tertiary/aromatic N) is 1. The van der Waals surface area contributed by atoms with Crippen LogP contribution in [0.2, 0.25) is 5.02 Å². The third-order valence-electron chi connectivity index (χ3n) is 2.31. The molecular weight excluding hydrogens is 238 g/mol. The first-order valence-corrected chi connectivity index (χ1v) is 5.86. The van der Waals surface area contributed by atoms with E-state index in [2.05, 4.69) is 6.58 Å². The van der Waals surface area contributed by atoms with Crippen LogP contribution in [0.4, 0.5) is 0 Å². The third kappa shape index (κ3) is 3.49. The molecule has 1 rings (SSSR count). The molecule has 1 N–H and O–H groups in total. The summed E-state index contributed by atoms with van der Waals surface area (Å²) in [7, 11) is 0. The number of amides is 1. The van der Waals surface area contributed by atoms with E-state index < -0.39 is 0 Å². The van der Waals surface area contributed by atoms with Crippen molar-refractivity contribution < 1.29 is 9.90 Å². The maximum atomic E-state index is 12.2. The van der Waals surface area contributed by atoms with Gasteiger partial charge in [-0.2, -0.15) is 0 Å². The second kappa shape index (κ2) is 6.30. The van der Waals surface area contributed by atoms with E-state index in [1.807, 2.05) is 6.92 Å². The minimum atomic E-state index is -0.187. The summed E-state index contributed by atoms with van der Waals surface area (Å²) in [5.74, 6) is -0.152. The largest absolute Gasteiger partial charge is 0.508 e. The Hall–Kier alpha value is -1.48. The van der Waals surface area contributed by atoms with Gasteiger partial charge in [0.15, 0.2) is 0 Å². The van der Waals surface area contributed by atoms with E-state index in [1.54, 1.807) is 11.0 Å². The van der Waals surface area contributed by atoms with Gasteiger partial charge in [-0.25, -0.2) is 0 Å². The van der Waals surface area contributed by atoms with Gasteiger partial charge >= 0.3 is 0 Å². The number of carbonyl (C=O) groups is 1. The van der Waals surface area contributed by atoms with Gasteiger partial charge in [0.2, 0.25) is 0 Å². The predicted molar refractivity (Wildman–Crippen MR) is 69.5 cm³/mol. The summed E-state index contributed by atoms with van der Waals surface area (Å²) >= 11 is 5.95. The lowest BCUT2D eigenvalue weighted by Crippen LogP contribution is -2.32. The van der Waals surface area contributed by atoms with Gasteiger partial charge in [-0.15, -0.1) is 6.58 Å². The molecule has 0 saturated heterocycles. The minimum Gasteiger partial charge on any atom is -0.508 e. The van der Waals surface area contributed by atoms with Crippen LogP contribution < -0.4 is 0 Å². The van der Waals surface area contributed by atoms with E-state index in [4.69, 9.17) is 11.6 Å². The number of rotatable bonds is 5. The highest BCUT2D eigenvalue weighted by molar-refractivity contribution is 6.33. The van der Waals surface area contributed by atoms with Gasteiger partial charge in [0, 0.05) is 13.1 Å². The van der Waals surface area contributed by atoms with Crippen LogP contribution in [0.1, 0.15) is 23.7 Å². The molecule has 0 fully saturated rings. The van der Waals surface area contributed by atoms with Crippen LogP contribution in [0.15, 0.2) is 30.9 Å². The van der Waals surface area contributed by atoms with E-state index in [9.17, 15) is 9.90 Å². The van der Waals surface area contributed by atoms with Crippen molar-refractivity contribution in [3.05, 3.63) is 41.4 Å². The van der Waals surface area contributed by atoms with E-state index in [0.29, 0.717) is 23.7 Å². The molecule has 0 radical (unpaired) electrons. The number of hydrogen-bond acceptors (Lipinski definition) is 2. The van der Waals surface area contributed by atoms with Gasteiger partial charge in [-0.1, -0.05) is 24.6 Å². The molecule has 0 aliphatic carbocycles. The molecule has 1 aromatic carbocycles. The van der Waals surface area contributed by atoms with Crippen LogP contribution in [0, 0.1) is 0 Å². The van der Waals surface area contributed by atoms with Crippen LogP contribution in [-0.2, 0) is 0 Å². The summed E-state index contributed by atoms with van der Waals surface area (Å²) < 4.78 is 0. The van der Waals surface area contributed by atoms with E-state index in [1.165, 1.54) is 18.2 Å². The Kier molecular flexibility index (Phi) is 5.04. The molecule has 0 heterocycles. The molecule has 0 aliphatic rings. The topological polar surface area (TPSA) is 40.5 Å². The van der Waals surface area contributed by atoms with E-state index >= 15 is 0 Å². The van der Waals surface area contributed by atoms with Crippen molar-refractivity contribution >= 4 is 17.5 Å². The minimum absolute atomic E-state index is 0.0350. The average Bonchev–Trinajstić information content (AvgIpc) is 2.31. The molecular formula is C13H16ClNO2. The summed E-state index contributed by atoms with van der Waals surface area (Å²) in [6.45, 7) is 6.72. The maximum absolute atomic E-state index is 12.2. The molecule has 92 valence electrons. The molecule has 0 unspecified atom stereocenters. The van der Waals surface area contributed by atoms with Crippen LogP contribution in [-0.4, -0.2) is 29.0 Å². The first-order chi connectivity index (χ1) is 8.10. The second-order valence-electron chi connectivity index (χ2n) is 3.70. The number of carbonyl (C=O) groups excluding carboxylic acids is 1. The Labute approximate surface area is 106 Å². The van der Waals surface area contributed by atoms with Gasteiger partial charge in [0.25, 0.3) is 5.91 Å². The molecule has 3 nitrogen and oxygen atoms in total. The predicted octanol–water partition coefficient (Wildman–Crippen LogP) is 3.08. The van der Waals surface area contributed by atoms with E-state index in [-0.39, 0.29) is 11.7 Å². The van der Waals surface area contributed by atoms with Crippen molar-refractivity contribution in [2.45, 2.75) is 13.3 Å². The Balaban J connectivity index is 2.99. The summed E-state index contributed by atoms with van der Waals surface area (Å²) in [6, 6.07) is 4.36. The molecule has 0 aliphatic heterocycles. The fraction of sp³-hybridized carbons (Fsp3) is 0.308. The van der Waals surface area contributed by atoms with Gasteiger partial charge in [-0.05, 0) is 24.6 Å². The number of halogens is 1. The SMILES string of the molecule is C=CCN(CCC)C(=O)c1cc(O)ccc1Cl. The zero-order valence-corrected chi connectivity index (χ0v) is 10.6. The molecule has 0 atom stereocenters. The molecule has 0 spiro atoms. The number of phenolic OH excluding ortho intramolecular Hbond substituents is 1. The zero-order chi connectivity index (χ0) is 12.8. The van der Waals surface area contributed by atoms with Crippen molar-refractivity contribution in [3.63, 3.8) is 0 Å². The van der Waals surface area contributed by atoms with Crippen LogP contribution in [0.5, 0.6) is 5.75 Å². The number of aromatic hydroxyl groups is 1. The van der Waals surface area contributed by atoms with Crippen LogP contribution in [0.25, 0.3) is 0 Å². The monoisotopic (exact) mass is 253 g/mol. The summed E-state index contributed by atoms with van der Waals surface area (Å²) in [6.07, 6.45) is 2.53. The lowest BCUT2D eigenvalue weighted by Gasteiger charge is -2.21. The standard InChI is InChI=1S/C13H16ClNO2/c1-3-7-15(8-4-2)13(17)11-9-10(16)5-6-12(11)14/h3,5-6,9,16H,1,4,7-8H2,2H3. The summed E-state index contributed by atoms with van der Waals surface area (Å²) in [5, 5.41) is 9.72. The van der Waals surface area contributed by atoms with Gasteiger partial charge in [0.1, 0.15) is 5.75 Å². The third-order valence-corrected chi connectivity index (χ3v) is 2.64. The first-order valence-electron chi connectivity index (χ1n) is 5.48. The first kappa shape index (κ1) is 13.6. The highest BCUT2D eigenvalue weighted by atomic mass is 35.5. The van der Waals surface area contributed by atoms with Crippen molar-refractivity contribution in [2.75, 3.05) is 13.1 Å². The Morgan fingerprint density at radius 1 is 1.59 bits per heavy atom. The van der Waals surface area contributed by atoms with Crippen LogP contribution in [0.3, 0.4) is 0 Å². The lowest BCUT2D eigenvalue weighted by molar-refractivity contribution is 0.0773. The highest BCUT2D eigenvalue weighted by Gasteiger charge is 2.17. The second-order valence-corrected chi connectivity index (χ2v) is 4.11. The number of hydrogen-bond donors (Lipinski definition) is 1.